The van der Waals surface area contributed by atoms with Crippen LogP contribution in [0.25, 0.3) is 5.57 Å². The molecule has 0 spiro atoms. The van der Waals surface area contributed by atoms with E-state index < -0.39 is 0 Å². The lowest BCUT2D eigenvalue weighted by Gasteiger charge is -2.34. The minimum atomic E-state index is -0.255. The van der Waals surface area contributed by atoms with Gasteiger partial charge in [0.25, 0.3) is 0 Å². The summed E-state index contributed by atoms with van der Waals surface area (Å²) in [6.07, 6.45) is 7.59. The predicted octanol–water partition coefficient (Wildman–Crippen LogP) is 4.95. The van der Waals surface area contributed by atoms with Crippen molar-refractivity contribution in [3.8, 4) is 0 Å². The van der Waals surface area contributed by atoms with E-state index in [2.05, 4.69) is 26.5 Å². The Morgan fingerprint density at radius 3 is 2.23 bits per heavy atom. The number of nitrogens with zero attached hydrogens (tertiary/aromatic N) is 5. The second-order valence-electron chi connectivity index (χ2n) is 8.36. The van der Waals surface area contributed by atoms with Crippen LogP contribution in [-0.4, -0.2) is 38.2 Å². The first-order valence-corrected chi connectivity index (χ1v) is 10.9. The van der Waals surface area contributed by atoms with E-state index in [1.54, 1.807) is 0 Å². The molecule has 0 N–H and O–H groups in total. The molecule has 2 aliphatic rings. The molecule has 5 nitrogen and oxygen atoms in total. The molecular formula is C24H25F2N5. The molecule has 160 valence electrons. The first kappa shape index (κ1) is 20.0. The van der Waals surface area contributed by atoms with Gasteiger partial charge in [-0.2, -0.15) is 0 Å². The highest BCUT2D eigenvalue weighted by Gasteiger charge is 2.32. The summed E-state index contributed by atoms with van der Waals surface area (Å²) in [5.74, 6) is 0.337. The average molecular weight is 421 g/mol. The number of hydrogen-bond donors (Lipinski definition) is 0. The number of halogens is 2. The number of benzene rings is 2. The van der Waals surface area contributed by atoms with Crippen LogP contribution in [0, 0.1) is 11.6 Å². The fraction of sp³-hybridized carbons (Fsp3) is 0.375. The summed E-state index contributed by atoms with van der Waals surface area (Å²) < 4.78 is 28.9. The first-order valence-electron chi connectivity index (χ1n) is 10.9. The second kappa shape index (κ2) is 8.67. The standard InChI is InChI=1S/C24H25F2N5/c25-20-9-5-17(6-10-20)18-13-15-30(16-14-18)23(19-7-11-21(26)12-8-19)24-27-28-29-31(24)22-3-1-2-4-22/h5-13,22-23H,1-4,14-16H2/t23-/m0/s1. The van der Waals surface area contributed by atoms with Gasteiger partial charge in [-0.15, -0.1) is 5.10 Å². The number of tetrazole rings is 1. The van der Waals surface area contributed by atoms with E-state index in [0.717, 1.165) is 42.8 Å². The Kier molecular flexibility index (Phi) is 5.59. The molecule has 7 heteroatoms. The summed E-state index contributed by atoms with van der Waals surface area (Å²) >= 11 is 0. The van der Waals surface area contributed by atoms with Crippen LogP contribution in [0.4, 0.5) is 8.78 Å². The van der Waals surface area contributed by atoms with Crippen molar-refractivity contribution in [1.29, 1.82) is 0 Å². The molecule has 1 aliphatic carbocycles. The van der Waals surface area contributed by atoms with Crippen molar-refractivity contribution in [3.63, 3.8) is 0 Å². The minimum Gasteiger partial charge on any atom is -0.286 e. The molecule has 1 aliphatic heterocycles. The summed E-state index contributed by atoms with van der Waals surface area (Å²) in [6, 6.07) is 13.5. The molecule has 3 aromatic rings. The van der Waals surface area contributed by atoms with Crippen LogP contribution in [0.2, 0.25) is 0 Å². The van der Waals surface area contributed by atoms with Crippen LogP contribution >= 0.6 is 0 Å². The highest BCUT2D eigenvalue weighted by atomic mass is 19.1. The van der Waals surface area contributed by atoms with E-state index in [9.17, 15) is 8.78 Å². The Labute approximate surface area is 180 Å². The van der Waals surface area contributed by atoms with Gasteiger partial charge in [0.1, 0.15) is 11.6 Å². The fourth-order valence-corrected chi connectivity index (χ4v) is 4.80. The third kappa shape index (κ3) is 4.14. The maximum atomic E-state index is 13.6. The summed E-state index contributed by atoms with van der Waals surface area (Å²) in [4.78, 5) is 2.33. The monoisotopic (exact) mass is 421 g/mol. The normalized spacial score (nSPS) is 18.8. The van der Waals surface area contributed by atoms with E-state index in [-0.39, 0.29) is 17.7 Å². The van der Waals surface area contributed by atoms with Crippen LogP contribution in [0.3, 0.4) is 0 Å². The number of aromatic nitrogens is 4. The maximum Gasteiger partial charge on any atom is 0.173 e. The van der Waals surface area contributed by atoms with E-state index in [1.165, 1.54) is 42.7 Å². The topological polar surface area (TPSA) is 46.8 Å². The van der Waals surface area contributed by atoms with Gasteiger partial charge < -0.3 is 0 Å². The van der Waals surface area contributed by atoms with Crippen LogP contribution in [-0.2, 0) is 0 Å². The Bertz CT molecular complexity index is 1050. The molecule has 0 bridgehead atoms. The Morgan fingerprint density at radius 2 is 1.58 bits per heavy atom. The molecule has 0 unspecified atom stereocenters. The molecule has 2 aromatic carbocycles. The third-order valence-electron chi connectivity index (χ3n) is 6.44. The van der Waals surface area contributed by atoms with E-state index in [0.29, 0.717) is 12.6 Å². The van der Waals surface area contributed by atoms with Gasteiger partial charge >= 0.3 is 0 Å². The molecule has 0 radical (unpaired) electrons. The second-order valence-corrected chi connectivity index (χ2v) is 8.36. The van der Waals surface area contributed by atoms with Gasteiger partial charge in [0.15, 0.2) is 5.82 Å². The molecule has 1 saturated carbocycles. The lowest BCUT2D eigenvalue weighted by Crippen LogP contribution is -2.35. The largest absolute Gasteiger partial charge is 0.286 e. The van der Waals surface area contributed by atoms with Gasteiger partial charge in [0.2, 0.25) is 0 Å². The Morgan fingerprint density at radius 1 is 0.903 bits per heavy atom. The van der Waals surface area contributed by atoms with Crippen molar-refractivity contribution in [1.82, 2.24) is 25.1 Å². The fourth-order valence-electron chi connectivity index (χ4n) is 4.80. The zero-order valence-corrected chi connectivity index (χ0v) is 17.3. The first-order chi connectivity index (χ1) is 15.2. The molecule has 1 aromatic heterocycles. The molecule has 2 heterocycles. The number of rotatable bonds is 5. The summed E-state index contributed by atoms with van der Waals surface area (Å²) in [5, 5.41) is 12.8. The van der Waals surface area contributed by atoms with E-state index in [4.69, 9.17) is 0 Å². The van der Waals surface area contributed by atoms with Crippen molar-refractivity contribution < 1.29 is 8.78 Å². The van der Waals surface area contributed by atoms with Crippen molar-refractivity contribution in [2.45, 2.75) is 44.2 Å². The predicted molar refractivity (Wildman–Crippen MR) is 114 cm³/mol. The van der Waals surface area contributed by atoms with Crippen molar-refractivity contribution in [2.75, 3.05) is 13.1 Å². The van der Waals surface area contributed by atoms with Gasteiger partial charge in [-0.25, -0.2) is 13.5 Å². The van der Waals surface area contributed by atoms with Gasteiger partial charge in [-0.1, -0.05) is 43.2 Å². The maximum absolute atomic E-state index is 13.6. The van der Waals surface area contributed by atoms with Crippen molar-refractivity contribution >= 4 is 5.57 Å². The molecule has 31 heavy (non-hydrogen) atoms. The molecule has 1 fully saturated rings. The van der Waals surface area contributed by atoms with Crippen LogP contribution in [0.5, 0.6) is 0 Å². The molecule has 0 saturated heterocycles. The summed E-state index contributed by atoms with van der Waals surface area (Å²) in [7, 11) is 0. The van der Waals surface area contributed by atoms with Crippen LogP contribution in [0.1, 0.15) is 61.1 Å². The van der Waals surface area contributed by atoms with Gasteiger partial charge in [0, 0.05) is 13.1 Å². The minimum absolute atomic E-state index is 0.151. The zero-order valence-electron chi connectivity index (χ0n) is 17.3. The van der Waals surface area contributed by atoms with Crippen LogP contribution < -0.4 is 0 Å². The van der Waals surface area contributed by atoms with Gasteiger partial charge in [0.05, 0.1) is 12.1 Å². The SMILES string of the molecule is Fc1ccc(C2=CCN([C@@H](c3ccc(F)cc3)c3nnnn3C3CCCC3)CC2)cc1. The van der Waals surface area contributed by atoms with Crippen molar-refractivity contribution in [2.24, 2.45) is 0 Å². The number of hydrogen-bond acceptors (Lipinski definition) is 4. The average Bonchev–Trinajstić information content (AvgIpc) is 3.48. The highest BCUT2D eigenvalue weighted by Crippen LogP contribution is 2.36. The smallest absolute Gasteiger partial charge is 0.173 e. The van der Waals surface area contributed by atoms with E-state index in [1.807, 2.05) is 28.9 Å². The Hall–Kier alpha value is -2.93. The van der Waals surface area contributed by atoms with Crippen LogP contribution in [0.15, 0.2) is 54.6 Å². The van der Waals surface area contributed by atoms with Gasteiger partial charge in [-0.3, -0.25) is 4.90 Å². The van der Waals surface area contributed by atoms with Crippen molar-refractivity contribution in [3.05, 3.63) is 83.2 Å². The van der Waals surface area contributed by atoms with Gasteiger partial charge in [-0.05, 0) is 70.7 Å². The molecule has 0 amide bonds. The third-order valence-corrected chi connectivity index (χ3v) is 6.44. The lowest BCUT2D eigenvalue weighted by atomic mass is 9.96. The molecular weight excluding hydrogens is 396 g/mol. The van der Waals surface area contributed by atoms with E-state index >= 15 is 0 Å². The Balaban J connectivity index is 1.47. The molecule has 5 rings (SSSR count). The summed E-state index contributed by atoms with van der Waals surface area (Å²) in [6.45, 7) is 1.52. The highest BCUT2D eigenvalue weighted by molar-refractivity contribution is 5.66. The summed E-state index contributed by atoms with van der Waals surface area (Å²) in [5.41, 5.74) is 3.24. The zero-order chi connectivity index (χ0) is 21.2. The lowest BCUT2D eigenvalue weighted by molar-refractivity contribution is 0.230. The quantitative estimate of drug-likeness (QED) is 0.585. The molecule has 1 atom stereocenters.